The lowest BCUT2D eigenvalue weighted by molar-refractivity contribution is -0.148. The fraction of sp³-hybridized carbons (Fsp3) is 0.925. The van der Waals surface area contributed by atoms with Crippen LogP contribution in [0.5, 0.6) is 0 Å². The van der Waals surface area contributed by atoms with Gasteiger partial charge in [0.1, 0.15) is 50.8 Å². The van der Waals surface area contributed by atoms with Crippen LogP contribution in [0.15, 0.2) is 0 Å². The van der Waals surface area contributed by atoms with Crippen LogP contribution in [0.4, 0.5) is 0 Å². The van der Waals surface area contributed by atoms with E-state index in [4.69, 9.17) is 37.9 Å². The molecule has 134 heavy (non-hydrogen) atoms. The summed E-state index contributed by atoms with van der Waals surface area (Å²) in [7, 11) is 0. The number of aliphatic hydroxyl groups excluding tert-OH is 4. The molecule has 0 amide bonds. The molecule has 8 unspecified atom stereocenters. The van der Waals surface area contributed by atoms with E-state index in [0.29, 0.717) is 190 Å². The summed E-state index contributed by atoms with van der Waals surface area (Å²) < 4.78 is 45.7. The van der Waals surface area contributed by atoms with E-state index in [1.807, 2.05) is 0 Å². The molecule has 0 bridgehead atoms. The molecule has 0 radical (unpaired) electrons. The Morgan fingerprint density at radius 3 is 0.590 bits per heavy atom. The predicted octanol–water partition coefficient (Wildman–Crippen LogP) is 21.6. The third kappa shape index (κ3) is 83.5. The van der Waals surface area contributed by atoms with Crippen molar-refractivity contribution in [1.29, 1.82) is 0 Å². The average molecular weight is 1980 g/mol. The average Bonchev–Trinajstić information content (AvgIpc) is 0.901. The van der Waals surface area contributed by atoms with Gasteiger partial charge in [-0.25, -0.2) is 0 Å². The smallest absolute Gasteiger partial charge is 0.306 e. The van der Waals surface area contributed by atoms with Gasteiger partial charge in [-0.1, -0.05) is 235 Å². The molecule has 28 heteroatoms. The van der Waals surface area contributed by atoms with Gasteiger partial charge in [0.05, 0.1) is 52.1 Å². The summed E-state index contributed by atoms with van der Waals surface area (Å²) >= 11 is 6.89. The molecular weight excluding hydrogens is 1780 g/mol. The first kappa shape index (κ1) is 129. The van der Waals surface area contributed by atoms with Crippen molar-refractivity contribution < 1.29 is 96.7 Å². The van der Waals surface area contributed by atoms with Crippen molar-refractivity contribution >= 4 is 94.8 Å². The van der Waals surface area contributed by atoms with Crippen molar-refractivity contribution in [1.82, 2.24) is 19.6 Å². The van der Waals surface area contributed by atoms with Crippen molar-refractivity contribution in [3.05, 3.63) is 0 Å². The highest BCUT2D eigenvalue weighted by molar-refractivity contribution is 7.99. The van der Waals surface area contributed by atoms with Gasteiger partial charge >= 0.3 is 47.8 Å². The summed E-state index contributed by atoms with van der Waals surface area (Å²) in [4.78, 5) is 112. The molecule has 0 aromatic rings. The molecule has 1 saturated heterocycles. The lowest BCUT2D eigenvalue weighted by Gasteiger charge is -2.34. The second-order valence-electron chi connectivity index (χ2n) is 38.1. The Labute approximate surface area is 833 Å². The third-order valence-electron chi connectivity index (χ3n) is 25.1. The van der Waals surface area contributed by atoms with Gasteiger partial charge in [0.2, 0.25) is 0 Å². The molecule has 0 aromatic heterocycles. The van der Waals surface area contributed by atoms with Gasteiger partial charge in [-0.2, -0.15) is 47.0 Å². The maximum atomic E-state index is 13.2. The Balaban J connectivity index is 3.21. The molecule has 1 rings (SSSR count). The number of thioether (sulfide) groups is 4. The highest BCUT2D eigenvalue weighted by Gasteiger charge is 2.26. The number of hydrogen-bond donors (Lipinski definition) is 4. The molecule has 0 aromatic carbocycles. The zero-order valence-electron chi connectivity index (χ0n) is 86.3. The Morgan fingerprint density at radius 2 is 0.388 bits per heavy atom. The summed E-state index contributed by atoms with van der Waals surface area (Å²) in [5, 5.41) is 46.5. The fourth-order valence-corrected chi connectivity index (χ4v) is 20.3. The van der Waals surface area contributed by atoms with E-state index in [1.165, 1.54) is 103 Å². The van der Waals surface area contributed by atoms with Gasteiger partial charge in [-0.15, -0.1) is 0 Å². The normalized spacial score (nSPS) is 15.4. The molecular formula is C106H200N4O20S4. The van der Waals surface area contributed by atoms with Crippen LogP contribution in [-0.4, -0.2) is 290 Å². The highest BCUT2D eigenvalue weighted by atomic mass is 32.2. The second-order valence-corrected chi connectivity index (χ2v) is 43.0. The van der Waals surface area contributed by atoms with Crippen LogP contribution >= 0.6 is 47.0 Å². The summed E-state index contributed by atoms with van der Waals surface area (Å²) in [5.41, 5.74) is 0. The second kappa shape index (κ2) is 94.7. The molecule has 1 aliphatic heterocycles. The molecule has 0 spiro atoms. The minimum atomic E-state index is -1.02. The van der Waals surface area contributed by atoms with E-state index < -0.39 is 24.4 Å². The molecule has 1 aliphatic rings. The first-order valence-corrected chi connectivity index (χ1v) is 59.0. The lowest BCUT2D eigenvalue weighted by atomic mass is 9.96. The Bertz CT molecular complexity index is 2410. The molecule has 4 N–H and O–H groups in total. The van der Waals surface area contributed by atoms with E-state index in [1.54, 1.807) is 47.0 Å². The van der Waals surface area contributed by atoms with E-state index in [9.17, 15) is 58.8 Å². The Kier molecular flexibility index (Phi) is 91.1. The molecule has 1 heterocycles. The van der Waals surface area contributed by atoms with Crippen LogP contribution in [0, 0.1) is 23.7 Å². The number of nitrogens with zero attached hydrogens (tertiary/aromatic N) is 4. The van der Waals surface area contributed by atoms with Crippen LogP contribution in [-0.2, 0) is 76.3 Å². The minimum absolute atomic E-state index is 0.135. The number of carbonyl (C=O) groups excluding carboxylic acids is 8. The van der Waals surface area contributed by atoms with Gasteiger partial charge in [0, 0.05) is 101 Å². The quantitative estimate of drug-likeness (QED) is 0.0250. The van der Waals surface area contributed by atoms with Gasteiger partial charge in [-0.3, -0.25) is 58.0 Å². The molecule has 788 valence electrons. The molecule has 0 aliphatic carbocycles. The SMILES string of the molecule is CCCCCCC(CCCC)COC(=O)CCSCCCCCC(=O)OCC(O)CN1CCCN(CC(O)COC(=O)CCCCCSCCC(=O)OCC(CCCC)CCCCCC)CCN(CC(O)COC(=O)CCCCCSCCC(=O)OCC(CCCC)CCCCCC)CCCN(CC(O)COC(=O)CCCCCSCCC(=O)OCC(CCCC)CCCCCC)CC1. The number of β-amino-alcohol motifs (C(OH)–C–C–N with tert-alkyl or cyclic N) is 4. The maximum Gasteiger partial charge on any atom is 0.306 e. The maximum absolute atomic E-state index is 13.2. The molecule has 1 fully saturated rings. The molecule has 0 saturated carbocycles. The zero-order chi connectivity index (χ0) is 98.0. The van der Waals surface area contributed by atoms with Crippen LogP contribution in [0.1, 0.15) is 402 Å². The van der Waals surface area contributed by atoms with Gasteiger partial charge < -0.3 is 58.3 Å². The van der Waals surface area contributed by atoms with Crippen LogP contribution in [0.25, 0.3) is 0 Å². The predicted molar refractivity (Wildman–Crippen MR) is 555 cm³/mol. The summed E-state index contributed by atoms with van der Waals surface area (Å²) in [6, 6.07) is 0. The number of esters is 8. The van der Waals surface area contributed by atoms with Crippen molar-refractivity contribution in [3.8, 4) is 0 Å². The van der Waals surface area contributed by atoms with Crippen LogP contribution in [0.2, 0.25) is 0 Å². The first-order chi connectivity index (χ1) is 65.2. The van der Waals surface area contributed by atoms with Crippen LogP contribution in [0.3, 0.4) is 0 Å². The summed E-state index contributed by atoms with van der Waals surface area (Å²) in [6.45, 7) is 23.4. The summed E-state index contributed by atoms with van der Waals surface area (Å²) in [6.07, 6.45) is 46.3. The number of ether oxygens (including phenoxy) is 8. The standard InChI is InChI=1S/C106H200N4O20S4/c1-9-17-25-33-51-91(47-21-13-5)83-123-103(119)59-75-131-71-41-29-37-55-99(115)127-87-95(111)79-107-63-45-64-109(81-97(113)89-129-101(117)57-39-31-43-73-133-77-61-105(121)125-85-93(49-23-15-7)53-35-27-19-11-3)69-70-110(82-98(114)90-130-102(118)58-40-32-44-74-134-78-62-106(122)126-86-94(50-24-16-8)54-36-28-20-12-4)66-46-65-108(68-67-107)80-96(112)88-128-100(116)56-38-30-42-72-132-76-60-104(120)124-84-92(48-22-14-6)52-34-26-18-10-2/h91-98,111-114H,9-90H2,1-8H3. The summed E-state index contributed by atoms with van der Waals surface area (Å²) in [5.74, 6) is 5.89. The molecule has 8 atom stereocenters. The van der Waals surface area contributed by atoms with E-state index in [-0.39, 0.29) is 126 Å². The van der Waals surface area contributed by atoms with E-state index in [0.717, 1.165) is 177 Å². The van der Waals surface area contributed by atoms with Crippen molar-refractivity contribution in [2.75, 3.05) is 177 Å². The Morgan fingerprint density at radius 1 is 0.209 bits per heavy atom. The third-order valence-corrected chi connectivity index (χ3v) is 29.4. The van der Waals surface area contributed by atoms with Gasteiger partial charge in [-0.05, 0) is 188 Å². The van der Waals surface area contributed by atoms with Crippen LogP contribution < -0.4 is 0 Å². The highest BCUT2D eigenvalue weighted by Crippen LogP contribution is 2.25. The van der Waals surface area contributed by atoms with E-state index >= 15 is 0 Å². The number of unbranched alkanes of at least 4 members (excludes halogenated alkanes) is 24. The van der Waals surface area contributed by atoms with Crippen molar-refractivity contribution in [2.24, 2.45) is 23.7 Å². The Hall–Kier alpha value is -3.16. The van der Waals surface area contributed by atoms with Gasteiger partial charge in [0.15, 0.2) is 0 Å². The number of rotatable bonds is 92. The number of aliphatic hydroxyl groups is 4. The first-order valence-electron chi connectivity index (χ1n) is 54.4. The molecule has 24 nitrogen and oxygen atoms in total. The minimum Gasteiger partial charge on any atom is -0.465 e. The monoisotopic (exact) mass is 1980 g/mol. The number of carbonyl (C=O) groups is 8. The van der Waals surface area contributed by atoms with E-state index in [2.05, 4.69) is 75.0 Å². The van der Waals surface area contributed by atoms with Crippen molar-refractivity contribution in [2.45, 2.75) is 427 Å². The van der Waals surface area contributed by atoms with Crippen molar-refractivity contribution in [3.63, 3.8) is 0 Å². The van der Waals surface area contributed by atoms with Gasteiger partial charge in [0.25, 0.3) is 0 Å². The fourth-order valence-electron chi connectivity index (χ4n) is 16.6. The number of hydrogen-bond acceptors (Lipinski definition) is 28. The lowest BCUT2D eigenvalue weighted by Crippen LogP contribution is -2.47. The zero-order valence-corrected chi connectivity index (χ0v) is 89.6. The topological polar surface area (TPSA) is 304 Å². The largest absolute Gasteiger partial charge is 0.465 e.